The molecule has 2 N–H and O–H groups in total. The van der Waals surface area contributed by atoms with Gasteiger partial charge in [-0.2, -0.15) is 4.98 Å². The molecule has 0 aromatic carbocycles. The van der Waals surface area contributed by atoms with Crippen molar-refractivity contribution in [2.24, 2.45) is 0 Å². The van der Waals surface area contributed by atoms with Gasteiger partial charge >= 0.3 is 0 Å². The fourth-order valence-corrected chi connectivity index (χ4v) is 1.54. The molecule has 0 saturated carbocycles. The van der Waals surface area contributed by atoms with E-state index in [-0.39, 0.29) is 23.0 Å². The maximum Gasteiger partial charge on any atom is 0.257 e. The molecule has 6 nitrogen and oxygen atoms in total. The molecule has 0 atom stereocenters. The van der Waals surface area contributed by atoms with E-state index >= 15 is 0 Å². The van der Waals surface area contributed by atoms with E-state index in [9.17, 15) is 9.90 Å². The Bertz CT molecular complexity index is 598. The zero-order chi connectivity index (χ0) is 12.6. The number of hydrogen-bond acceptors (Lipinski definition) is 4. The van der Waals surface area contributed by atoms with Gasteiger partial charge in [-0.25, -0.2) is 4.98 Å². The summed E-state index contributed by atoms with van der Waals surface area (Å²) in [6, 6.07) is 0.196. The zero-order valence-electron chi connectivity index (χ0n) is 9.93. The van der Waals surface area contributed by atoms with E-state index in [2.05, 4.69) is 15.0 Å². The molecule has 0 radical (unpaired) electrons. The predicted molar refractivity (Wildman–Crippen MR) is 62.9 cm³/mol. The van der Waals surface area contributed by atoms with Crippen molar-refractivity contribution >= 4 is 0 Å². The minimum atomic E-state index is -0.344. The lowest BCUT2D eigenvalue weighted by atomic mass is 10.3. The van der Waals surface area contributed by atoms with Gasteiger partial charge in [0.2, 0.25) is 5.88 Å². The third-order valence-corrected chi connectivity index (χ3v) is 2.59. The van der Waals surface area contributed by atoms with Gasteiger partial charge in [0.15, 0.2) is 5.82 Å². The topological polar surface area (TPSA) is 83.8 Å². The van der Waals surface area contributed by atoms with Gasteiger partial charge in [-0.1, -0.05) is 0 Å². The van der Waals surface area contributed by atoms with Crippen LogP contribution in [0.4, 0.5) is 0 Å². The van der Waals surface area contributed by atoms with E-state index < -0.39 is 0 Å². The van der Waals surface area contributed by atoms with Crippen LogP contribution in [-0.2, 0) is 0 Å². The zero-order valence-corrected chi connectivity index (χ0v) is 9.93. The number of imidazole rings is 1. The van der Waals surface area contributed by atoms with E-state index in [1.165, 1.54) is 6.92 Å². The van der Waals surface area contributed by atoms with Gasteiger partial charge in [-0.3, -0.25) is 4.79 Å². The van der Waals surface area contributed by atoms with E-state index in [1.807, 2.05) is 18.4 Å². The summed E-state index contributed by atoms with van der Waals surface area (Å²) in [5, 5.41) is 9.55. The molecule has 2 aromatic rings. The Morgan fingerprint density at radius 2 is 2.18 bits per heavy atom. The molecular weight excluding hydrogens is 220 g/mol. The van der Waals surface area contributed by atoms with E-state index in [1.54, 1.807) is 12.5 Å². The molecule has 0 aliphatic rings. The highest BCUT2D eigenvalue weighted by Crippen LogP contribution is 2.20. The number of nitrogens with zero attached hydrogens (tertiary/aromatic N) is 3. The van der Waals surface area contributed by atoms with E-state index in [0.29, 0.717) is 11.5 Å². The van der Waals surface area contributed by atoms with Gasteiger partial charge in [0, 0.05) is 6.04 Å². The second kappa shape index (κ2) is 4.04. The number of hydrogen-bond donors (Lipinski definition) is 2. The third kappa shape index (κ3) is 1.93. The van der Waals surface area contributed by atoms with Crippen molar-refractivity contribution in [2.75, 3.05) is 0 Å². The van der Waals surface area contributed by atoms with Gasteiger partial charge in [0.05, 0.1) is 18.1 Å². The van der Waals surface area contributed by atoms with Crippen LogP contribution >= 0.6 is 0 Å². The van der Waals surface area contributed by atoms with Crippen LogP contribution in [0.5, 0.6) is 5.88 Å². The van der Waals surface area contributed by atoms with Crippen molar-refractivity contribution in [3.8, 4) is 17.4 Å². The first-order chi connectivity index (χ1) is 8.00. The minimum Gasteiger partial charge on any atom is -0.493 e. The Hall–Kier alpha value is -2.11. The molecule has 0 amide bonds. The Morgan fingerprint density at radius 3 is 2.76 bits per heavy atom. The van der Waals surface area contributed by atoms with Crippen LogP contribution in [-0.4, -0.2) is 24.6 Å². The summed E-state index contributed by atoms with van der Waals surface area (Å²) in [4.78, 5) is 22.2. The minimum absolute atomic E-state index is 0.196. The first-order valence-electron chi connectivity index (χ1n) is 5.32. The lowest BCUT2D eigenvalue weighted by Crippen LogP contribution is -2.13. The van der Waals surface area contributed by atoms with Crippen LogP contribution in [0, 0.1) is 6.92 Å². The summed E-state index contributed by atoms with van der Waals surface area (Å²) in [5.74, 6) is 0.0737. The summed E-state index contributed by atoms with van der Waals surface area (Å²) in [5.41, 5.74) is 0.542. The average Bonchev–Trinajstić information content (AvgIpc) is 2.74. The van der Waals surface area contributed by atoms with Gasteiger partial charge in [-0.05, 0) is 20.8 Å². The number of aromatic nitrogens is 4. The molecular formula is C11H14N4O2. The fraction of sp³-hybridized carbons (Fsp3) is 0.364. The van der Waals surface area contributed by atoms with Gasteiger partial charge < -0.3 is 14.7 Å². The van der Waals surface area contributed by atoms with Crippen LogP contribution in [0.25, 0.3) is 11.5 Å². The molecule has 2 rings (SSSR count). The highest BCUT2D eigenvalue weighted by molar-refractivity contribution is 5.49. The van der Waals surface area contributed by atoms with Crippen molar-refractivity contribution < 1.29 is 5.11 Å². The number of aromatic hydroxyl groups is 1. The molecule has 90 valence electrons. The maximum absolute atomic E-state index is 11.6. The first-order valence-corrected chi connectivity index (χ1v) is 5.32. The van der Waals surface area contributed by atoms with Crippen molar-refractivity contribution in [1.82, 2.24) is 19.5 Å². The second-order valence-electron chi connectivity index (χ2n) is 4.14. The molecule has 0 aliphatic carbocycles. The van der Waals surface area contributed by atoms with Crippen LogP contribution in [0.1, 0.15) is 25.5 Å². The Morgan fingerprint density at radius 1 is 1.47 bits per heavy atom. The van der Waals surface area contributed by atoms with E-state index in [0.717, 1.165) is 0 Å². The lowest BCUT2D eigenvalue weighted by molar-refractivity contribution is 0.446. The molecule has 2 aromatic heterocycles. The number of aromatic amines is 1. The Kier molecular flexibility index (Phi) is 2.71. The number of H-pyrrole nitrogens is 1. The summed E-state index contributed by atoms with van der Waals surface area (Å²) in [7, 11) is 0. The molecule has 6 heteroatoms. The molecule has 0 unspecified atom stereocenters. The molecule has 0 aliphatic heterocycles. The molecule has 0 fully saturated rings. The van der Waals surface area contributed by atoms with Crippen LogP contribution in [0.3, 0.4) is 0 Å². The summed E-state index contributed by atoms with van der Waals surface area (Å²) in [6.45, 7) is 5.51. The SMILES string of the molecule is Cc1c(O)nc(-c2cncn2C(C)C)[nH]c1=O. The lowest BCUT2D eigenvalue weighted by Gasteiger charge is -2.11. The average molecular weight is 234 g/mol. The normalized spacial score (nSPS) is 11.1. The van der Waals surface area contributed by atoms with Gasteiger partial charge in [0.25, 0.3) is 5.56 Å². The second-order valence-corrected chi connectivity index (χ2v) is 4.14. The summed E-state index contributed by atoms with van der Waals surface area (Å²) >= 11 is 0. The smallest absolute Gasteiger partial charge is 0.257 e. The van der Waals surface area contributed by atoms with Crippen LogP contribution in [0.15, 0.2) is 17.3 Å². The first kappa shape index (κ1) is 11.4. The van der Waals surface area contributed by atoms with Gasteiger partial charge in [-0.15, -0.1) is 0 Å². The molecule has 17 heavy (non-hydrogen) atoms. The van der Waals surface area contributed by atoms with E-state index in [4.69, 9.17) is 0 Å². The highest BCUT2D eigenvalue weighted by Gasteiger charge is 2.13. The quantitative estimate of drug-likeness (QED) is 0.818. The monoisotopic (exact) mass is 234 g/mol. The van der Waals surface area contributed by atoms with Crippen LogP contribution in [0.2, 0.25) is 0 Å². The maximum atomic E-state index is 11.6. The van der Waals surface area contributed by atoms with Gasteiger partial charge in [0.1, 0.15) is 5.69 Å². The molecule has 0 saturated heterocycles. The molecule has 0 bridgehead atoms. The summed E-state index contributed by atoms with van der Waals surface area (Å²) < 4.78 is 1.87. The molecule has 0 spiro atoms. The Balaban J connectivity index is 2.61. The third-order valence-electron chi connectivity index (χ3n) is 2.59. The van der Waals surface area contributed by atoms with Crippen molar-refractivity contribution in [1.29, 1.82) is 0 Å². The number of nitrogens with one attached hydrogen (secondary N) is 1. The number of rotatable bonds is 2. The standard InChI is InChI=1S/C11H14N4O2/c1-6(2)15-5-12-4-8(15)9-13-10(16)7(3)11(17)14-9/h4-6H,1-3H3,(H2,13,14,16,17). The largest absolute Gasteiger partial charge is 0.493 e. The van der Waals surface area contributed by atoms with Crippen molar-refractivity contribution in [2.45, 2.75) is 26.8 Å². The Labute approximate surface area is 98.0 Å². The molecule has 2 heterocycles. The highest BCUT2D eigenvalue weighted by atomic mass is 16.3. The van der Waals surface area contributed by atoms with Crippen molar-refractivity contribution in [3.63, 3.8) is 0 Å². The van der Waals surface area contributed by atoms with Crippen molar-refractivity contribution in [3.05, 3.63) is 28.4 Å². The summed E-state index contributed by atoms with van der Waals surface area (Å²) in [6.07, 6.45) is 3.27. The van der Waals surface area contributed by atoms with Crippen LogP contribution < -0.4 is 5.56 Å². The predicted octanol–water partition coefficient (Wildman–Crippen LogP) is 1.23. The fourth-order valence-electron chi connectivity index (χ4n) is 1.54.